The van der Waals surface area contributed by atoms with Crippen LogP contribution >= 0.6 is 0 Å². The molecule has 0 saturated heterocycles. The minimum absolute atomic E-state index is 0.115. The number of aliphatic hydroxyl groups is 2. The smallest absolute Gasteiger partial charge is 0.287 e. The zero-order chi connectivity index (χ0) is 25.5. The van der Waals surface area contributed by atoms with Crippen LogP contribution in [0.2, 0.25) is 0 Å². The zero-order valence-electron chi connectivity index (χ0n) is 19.4. The quantitative estimate of drug-likeness (QED) is 0.341. The number of Topliss-reactive ketones (excluding diaryl/α,β-unsaturated/α-hetero) is 1. The Bertz CT molecular complexity index is 1120. The van der Waals surface area contributed by atoms with Crippen LogP contribution in [0.3, 0.4) is 0 Å². The molecule has 2 aromatic rings. The van der Waals surface area contributed by atoms with Gasteiger partial charge in [0.15, 0.2) is 9.84 Å². The van der Waals surface area contributed by atoms with Gasteiger partial charge in [-0.1, -0.05) is 50.2 Å². The lowest BCUT2D eigenvalue weighted by atomic mass is 9.87. The molecule has 0 saturated carbocycles. The van der Waals surface area contributed by atoms with Crippen molar-refractivity contribution in [1.82, 2.24) is 10.6 Å². The van der Waals surface area contributed by atoms with Crippen molar-refractivity contribution in [2.75, 3.05) is 19.4 Å². The number of carbonyl (C=O) groups excluding carboxylic acids is 3. The van der Waals surface area contributed by atoms with E-state index in [0.717, 1.165) is 22.9 Å². The SMILES string of the molecule is CC(C)(CO)C(O)C(=O)NCCC(=O)C(=O)NCc1ccc(-c2ccc(S(C)(=O)=O)cc2)cc1. The first-order valence-electron chi connectivity index (χ1n) is 10.6. The van der Waals surface area contributed by atoms with Crippen LogP contribution < -0.4 is 10.6 Å². The summed E-state index contributed by atoms with van der Waals surface area (Å²) in [5.74, 6) is -2.22. The van der Waals surface area contributed by atoms with E-state index in [-0.39, 0.29) is 31.0 Å². The van der Waals surface area contributed by atoms with Gasteiger partial charge in [0.2, 0.25) is 11.7 Å². The molecule has 0 heterocycles. The van der Waals surface area contributed by atoms with Gasteiger partial charge in [-0.15, -0.1) is 0 Å². The molecular weight excluding hydrogens is 460 g/mol. The molecule has 0 spiro atoms. The second-order valence-electron chi connectivity index (χ2n) is 8.69. The fraction of sp³-hybridized carbons (Fsp3) is 0.375. The van der Waals surface area contributed by atoms with Gasteiger partial charge in [-0.05, 0) is 28.8 Å². The minimum Gasteiger partial charge on any atom is -0.396 e. The average molecular weight is 491 g/mol. The largest absolute Gasteiger partial charge is 0.396 e. The van der Waals surface area contributed by atoms with E-state index in [9.17, 15) is 33.0 Å². The van der Waals surface area contributed by atoms with Crippen LogP contribution in [0, 0.1) is 5.41 Å². The molecule has 9 nitrogen and oxygen atoms in total. The lowest BCUT2D eigenvalue weighted by molar-refractivity contribution is -0.139. The van der Waals surface area contributed by atoms with Gasteiger partial charge in [-0.2, -0.15) is 0 Å². The highest BCUT2D eigenvalue weighted by Crippen LogP contribution is 2.22. The number of hydrogen-bond donors (Lipinski definition) is 4. The number of rotatable bonds is 11. The van der Waals surface area contributed by atoms with E-state index < -0.39 is 39.0 Å². The predicted octanol–water partition coefficient (Wildman–Crippen LogP) is 0.828. The van der Waals surface area contributed by atoms with Crippen molar-refractivity contribution in [1.29, 1.82) is 0 Å². The molecule has 2 aromatic carbocycles. The lowest BCUT2D eigenvalue weighted by Gasteiger charge is -2.27. The summed E-state index contributed by atoms with van der Waals surface area (Å²) in [5.41, 5.74) is 1.45. The van der Waals surface area contributed by atoms with E-state index in [1.165, 1.54) is 13.8 Å². The molecule has 0 aliphatic heterocycles. The van der Waals surface area contributed by atoms with Crippen molar-refractivity contribution >= 4 is 27.4 Å². The Morgan fingerprint density at radius 2 is 1.47 bits per heavy atom. The number of aliphatic hydroxyl groups excluding tert-OH is 2. The number of sulfone groups is 1. The molecule has 1 atom stereocenters. The van der Waals surface area contributed by atoms with Gasteiger partial charge in [-0.3, -0.25) is 14.4 Å². The van der Waals surface area contributed by atoms with E-state index in [4.69, 9.17) is 0 Å². The summed E-state index contributed by atoms with van der Waals surface area (Å²) in [5, 5.41) is 24.0. The topological polar surface area (TPSA) is 150 Å². The standard InChI is InChI=1S/C24H30N2O7S/c1-24(2,15-27)21(29)23(31)25-13-12-20(28)22(30)26-14-16-4-6-17(7-5-16)18-8-10-19(11-9-18)34(3,32)33/h4-11,21,27,29H,12-15H2,1-3H3,(H,25,31)(H,26,30). The number of nitrogens with one attached hydrogen (secondary N) is 2. The molecule has 184 valence electrons. The maximum absolute atomic E-state index is 12.0. The minimum atomic E-state index is -3.26. The van der Waals surface area contributed by atoms with Gasteiger partial charge in [0.05, 0.1) is 11.5 Å². The first-order valence-corrected chi connectivity index (χ1v) is 12.5. The lowest BCUT2D eigenvalue weighted by Crippen LogP contribution is -2.46. The Morgan fingerprint density at radius 1 is 0.941 bits per heavy atom. The van der Waals surface area contributed by atoms with Crippen LogP contribution in [0.4, 0.5) is 0 Å². The summed E-state index contributed by atoms with van der Waals surface area (Å²) in [4.78, 5) is 36.2. The highest BCUT2D eigenvalue weighted by Gasteiger charge is 2.32. The molecule has 0 aliphatic rings. The Hall–Kier alpha value is -3.08. The van der Waals surface area contributed by atoms with E-state index in [2.05, 4.69) is 10.6 Å². The van der Waals surface area contributed by atoms with Gasteiger partial charge in [-0.25, -0.2) is 8.42 Å². The van der Waals surface area contributed by atoms with E-state index in [1.807, 2.05) is 12.1 Å². The van der Waals surface area contributed by atoms with Crippen molar-refractivity contribution in [2.24, 2.45) is 5.41 Å². The Labute approximate surface area is 199 Å². The third-order valence-corrected chi connectivity index (χ3v) is 6.45. The Kier molecular flexibility index (Phi) is 9.08. The molecule has 0 aromatic heterocycles. The van der Waals surface area contributed by atoms with Gasteiger partial charge in [0.1, 0.15) is 6.10 Å². The first-order chi connectivity index (χ1) is 15.8. The number of amides is 2. The van der Waals surface area contributed by atoms with Crippen LogP contribution in [-0.4, -0.2) is 61.7 Å². The molecule has 0 aliphatic carbocycles. The van der Waals surface area contributed by atoms with Crippen molar-refractivity contribution in [3.8, 4) is 11.1 Å². The van der Waals surface area contributed by atoms with Crippen molar-refractivity contribution < 1.29 is 33.0 Å². The molecule has 10 heteroatoms. The van der Waals surface area contributed by atoms with Crippen molar-refractivity contribution in [3.05, 3.63) is 54.1 Å². The normalized spacial score (nSPS) is 12.6. The predicted molar refractivity (Wildman–Crippen MR) is 126 cm³/mol. The fourth-order valence-electron chi connectivity index (χ4n) is 2.94. The number of ketones is 1. The molecule has 0 radical (unpaired) electrons. The second-order valence-corrected chi connectivity index (χ2v) is 10.7. The number of benzene rings is 2. The highest BCUT2D eigenvalue weighted by molar-refractivity contribution is 7.90. The van der Waals surface area contributed by atoms with E-state index >= 15 is 0 Å². The summed E-state index contributed by atoms with van der Waals surface area (Å²) in [6.45, 7) is 2.68. The summed E-state index contributed by atoms with van der Waals surface area (Å²) >= 11 is 0. The van der Waals surface area contributed by atoms with Crippen molar-refractivity contribution in [2.45, 2.75) is 37.8 Å². The van der Waals surface area contributed by atoms with Crippen LogP contribution in [0.15, 0.2) is 53.4 Å². The van der Waals surface area contributed by atoms with E-state index in [1.54, 1.807) is 36.4 Å². The highest BCUT2D eigenvalue weighted by atomic mass is 32.2. The molecule has 0 fully saturated rings. The van der Waals surface area contributed by atoms with Crippen LogP contribution in [0.1, 0.15) is 25.8 Å². The molecule has 2 amide bonds. The molecule has 1 unspecified atom stereocenters. The number of carbonyl (C=O) groups is 3. The third-order valence-electron chi connectivity index (χ3n) is 5.32. The summed E-state index contributed by atoms with van der Waals surface area (Å²) in [6, 6.07) is 13.7. The molecule has 34 heavy (non-hydrogen) atoms. The molecule has 0 bridgehead atoms. The summed E-state index contributed by atoms with van der Waals surface area (Å²) < 4.78 is 23.1. The molecular formula is C24H30N2O7S. The maximum atomic E-state index is 12.0. The van der Waals surface area contributed by atoms with Gasteiger partial charge >= 0.3 is 0 Å². The molecule has 4 N–H and O–H groups in total. The average Bonchev–Trinajstić information content (AvgIpc) is 2.81. The molecule has 2 rings (SSSR count). The second kappa shape index (κ2) is 11.4. The van der Waals surface area contributed by atoms with E-state index in [0.29, 0.717) is 0 Å². The van der Waals surface area contributed by atoms with Crippen LogP contribution in [-0.2, 0) is 30.8 Å². The number of hydrogen-bond acceptors (Lipinski definition) is 7. The van der Waals surface area contributed by atoms with Crippen molar-refractivity contribution in [3.63, 3.8) is 0 Å². The Balaban J connectivity index is 1.82. The first kappa shape index (κ1) is 27.2. The zero-order valence-corrected chi connectivity index (χ0v) is 20.2. The van der Waals surface area contributed by atoms with Gasteiger partial charge in [0, 0.05) is 31.2 Å². The van der Waals surface area contributed by atoms with Crippen LogP contribution in [0.5, 0.6) is 0 Å². The third kappa shape index (κ3) is 7.47. The van der Waals surface area contributed by atoms with Gasteiger partial charge in [0.25, 0.3) is 5.91 Å². The van der Waals surface area contributed by atoms with Gasteiger partial charge < -0.3 is 20.8 Å². The summed E-state index contributed by atoms with van der Waals surface area (Å²) in [7, 11) is -3.26. The fourth-order valence-corrected chi connectivity index (χ4v) is 3.57. The monoisotopic (exact) mass is 490 g/mol. The van der Waals surface area contributed by atoms with Crippen LogP contribution in [0.25, 0.3) is 11.1 Å². The maximum Gasteiger partial charge on any atom is 0.287 e. The Morgan fingerprint density at radius 3 is 1.97 bits per heavy atom. The summed E-state index contributed by atoms with van der Waals surface area (Å²) in [6.07, 6.45) is -0.524.